The normalized spacial score (nSPS) is 17.9. The number of aryl methyl sites for hydroxylation is 2. The topological polar surface area (TPSA) is 51.0 Å². The Morgan fingerprint density at radius 2 is 2.05 bits per heavy atom. The third-order valence-electron chi connectivity index (χ3n) is 4.31. The van der Waals surface area contributed by atoms with E-state index in [1.54, 1.807) is 6.20 Å². The maximum absolute atomic E-state index is 12.4. The summed E-state index contributed by atoms with van der Waals surface area (Å²) >= 11 is 0. The summed E-state index contributed by atoms with van der Waals surface area (Å²) < 4.78 is 1.83. The maximum Gasteiger partial charge on any atom is 0.254 e. The molecule has 0 spiro atoms. The van der Waals surface area contributed by atoms with E-state index in [0.717, 1.165) is 31.5 Å². The number of carbonyl (C=O) groups is 1. The maximum atomic E-state index is 12.4. The smallest absolute Gasteiger partial charge is 0.254 e. The Morgan fingerprint density at radius 1 is 1.20 bits per heavy atom. The number of hydrogen-bond donors (Lipinski definition) is 0. The molecule has 0 bridgehead atoms. The molecule has 0 radical (unpaired) electrons. The number of hydrogen-bond acceptors (Lipinski definition) is 3. The van der Waals surface area contributed by atoms with Gasteiger partial charge in [0.1, 0.15) is 0 Å². The third kappa shape index (κ3) is 1.81. The number of aromatic nitrogens is 3. The zero-order valence-corrected chi connectivity index (χ0v) is 11.2. The molecule has 1 aromatic heterocycles. The van der Waals surface area contributed by atoms with Crippen molar-refractivity contribution in [3.63, 3.8) is 0 Å². The predicted octanol–water partition coefficient (Wildman–Crippen LogP) is 1.46. The van der Waals surface area contributed by atoms with Crippen molar-refractivity contribution in [2.75, 3.05) is 13.1 Å². The standard InChI is InChI=1S/C15H16N4O/c20-15(13-5-4-11-2-1-3-12(11)8-13)18-9-14(10-18)19-7-6-16-17-19/h4-8,14H,1-3,9-10H2. The van der Waals surface area contributed by atoms with Gasteiger partial charge in [-0.2, -0.15) is 0 Å². The highest BCUT2D eigenvalue weighted by atomic mass is 16.2. The molecule has 5 heteroatoms. The summed E-state index contributed by atoms with van der Waals surface area (Å²) in [5.74, 6) is 0.135. The number of amides is 1. The average molecular weight is 268 g/mol. The van der Waals surface area contributed by atoms with Crippen molar-refractivity contribution in [1.29, 1.82) is 0 Å². The minimum absolute atomic E-state index is 0.135. The molecule has 2 aliphatic rings. The quantitative estimate of drug-likeness (QED) is 0.828. The van der Waals surface area contributed by atoms with Gasteiger partial charge in [0, 0.05) is 24.8 Å². The summed E-state index contributed by atoms with van der Waals surface area (Å²) in [5, 5.41) is 7.78. The van der Waals surface area contributed by atoms with Gasteiger partial charge in [0.05, 0.1) is 12.2 Å². The zero-order chi connectivity index (χ0) is 13.5. The summed E-state index contributed by atoms with van der Waals surface area (Å²) in [6.45, 7) is 1.44. The lowest BCUT2D eigenvalue weighted by Crippen LogP contribution is -2.50. The largest absolute Gasteiger partial charge is 0.334 e. The van der Waals surface area contributed by atoms with Crippen molar-refractivity contribution >= 4 is 5.91 Å². The molecule has 5 nitrogen and oxygen atoms in total. The van der Waals surface area contributed by atoms with Gasteiger partial charge in [0.25, 0.3) is 5.91 Å². The summed E-state index contributed by atoms with van der Waals surface area (Å²) in [4.78, 5) is 14.3. The Balaban J connectivity index is 1.47. The molecule has 102 valence electrons. The van der Waals surface area contributed by atoms with Gasteiger partial charge in [-0.05, 0) is 42.5 Å². The number of likely N-dealkylation sites (tertiary alicyclic amines) is 1. The molecule has 4 rings (SSSR count). The molecule has 20 heavy (non-hydrogen) atoms. The molecule has 1 amide bonds. The van der Waals surface area contributed by atoms with Crippen LogP contribution in [0, 0.1) is 0 Å². The van der Waals surface area contributed by atoms with Crippen molar-refractivity contribution in [3.8, 4) is 0 Å². The van der Waals surface area contributed by atoms with Crippen LogP contribution < -0.4 is 0 Å². The number of carbonyl (C=O) groups excluding carboxylic acids is 1. The first-order chi connectivity index (χ1) is 9.81. The van der Waals surface area contributed by atoms with Gasteiger partial charge in [0.15, 0.2) is 0 Å². The minimum atomic E-state index is 0.135. The molecular formula is C15H16N4O. The summed E-state index contributed by atoms with van der Waals surface area (Å²) in [6, 6.07) is 6.43. The zero-order valence-electron chi connectivity index (χ0n) is 11.2. The lowest BCUT2D eigenvalue weighted by Gasteiger charge is -2.38. The number of benzene rings is 1. The number of fused-ring (bicyclic) bond motifs is 1. The van der Waals surface area contributed by atoms with Gasteiger partial charge in [-0.15, -0.1) is 5.10 Å². The predicted molar refractivity (Wildman–Crippen MR) is 73.4 cm³/mol. The SMILES string of the molecule is O=C(c1ccc2c(c1)CCC2)N1CC(n2ccnn2)C1. The van der Waals surface area contributed by atoms with Crippen molar-refractivity contribution in [1.82, 2.24) is 19.9 Å². The van der Waals surface area contributed by atoms with Crippen LogP contribution in [0.25, 0.3) is 0 Å². The molecule has 0 unspecified atom stereocenters. The van der Waals surface area contributed by atoms with Gasteiger partial charge in [0.2, 0.25) is 0 Å². The summed E-state index contributed by atoms with van der Waals surface area (Å²) in [7, 11) is 0. The van der Waals surface area contributed by atoms with E-state index in [-0.39, 0.29) is 11.9 Å². The molecule has 1 aliphatic carbocycles. The highest BCUT2D eigenvalue weighted by molar-refractivity contribution is 5.95. The van der Waals surface area contributed by atoms with E-state index in [9.17, 15) is 4.79 Å². The molecule has 2 aromatic rings. The second kappa shape index (κ2) is 4.44. The van der Waals surface area contributed by atoms with Crippen molar-refractivity contribution in [2.45, 2.75) is 25.3 Å². The van der Waals surface area contributed by atoms with E-state index in [1.165, 1.54) is 17.5 Å². The fraction of sp³-hybridized carbons (Fsp3) is 0.400. The molecule has 1 saturated heterocycles. The minimum Gasteiger partial charge on any atom is -0.334 e. The van der Waals surface area contributed by atoms with Gasteiger partial charge in [-0.3, -0.25) is 4.79 Å². The molecule has 1 fully saturated rings. The highest BCUT2D eigenvalue weighted by Crippen LogP contribution is 2.26. The summed E-state index contributed by atoms with van der Waals surface area (Å²) in [5.41, 5.74) is 3.58. The third-order valence-corrected chi connectivity index (χ3v) is 4.31. The van der Waals surface area contributed by atoms with E-state index in [4.69, 9.17) is 0 Å². The van der Waals surface area contributed by atoms with E-state index < -0.39 is 0 Å². The van der Waals surface area contributed by atoms with Crippen LogP contribution in [0.3, 0.4) is 0 Å². The fourth-order valence-electron chi connectivity index (χ4n) is 3.09. The van der Waals surface area contributed by atoms with Crippen molar-refractivity contribution in [2.24, 2.45) is 0 Å². The van der Waals surface area contributed by atoms with Crippen molar-refractivity contribution in [3.05, 3.63) is 47.3 Å². The van der Waals surface area contributed by atoms with Gasteiger partial charge < -0.3 is 4.90 Å². The van der Waals surface area contributed by atoms with Gasteiger partial charge >= 0.3 is 0 Å². The second-order valence-corrected chi connectivity index (χ2v) is 5.58. The number of rotatable bonds is 2. The lowest BCUT2D eigenvalue weighted by atomic mass is 10.0. The molecule has 0 saturated carbocycles. The van der Waals surface area contributed by atoms with Crippen LogP contribution in [0.4, 0.5) is 0 Å². The highest BCUT2D eigenvalue weighted by Gasteiger charge is 2.33. The van der Waals surface area contributed by atoms with Crippen LogP contribution in [-0.4, -0.2) is 38.9 Å². The second-order valence-electron chi connectivity index (χ2n) is 5.58. The Kier molecular flexibility index (Phi) is 2.58. The Bertz CT molecular complexity index is 644. The first-order valence-corrected chi connectivity index (χ1v) is 7.08. The van der Waals surface area contributed by atoms with Crippen LogP contribution in [0.5, 0.6) is 0 Å². The van der Waals surface area contributed by atoms with Gasteiger partial charge in [-0.1, -0.05) is 11.3 Å². The Hall–Kier alpha value is -2.17. The van der Waals surface area contributed by atoms with Crippen LogP contribution in [0.2, 0.25) is 0 Å². The van der Waals surface area contributed by atoms with E-state index >= 15 is 0 Å². The molecule has 2 heterocycles. The molecule has 0 atom stereocenters. The van der Waals surface area contributed by atoms with Crippen LogP contribution in [0.15, 0.2) is 30.6 Å². The van der Waals surface area contributed by atoms with Crippen molar-refractivity contribution < 1.29 is 4.79 Å². The monoisotopic (exact) mass is 268 g/mol. The first-order valence-electron chi connectivity index (χ1n) is 7.08. The van der Waals surface area contributed by atoms with Crippen LogP contribution >= 0.6 is 0 Å². The summed E-state index contributed by atoms with van der Waals surface area (Å²) in [6.07, 6.45) is 7.00. The Labute approximate surface area is 117 Å². The molecule has 1 aromatic carbocycles. The first kappa shape index (κ1) is 11.6. The van der Waals surface area contributed by atoms with Gasteiger partial charge in [-0.25, -0.2) is 4.68 Å². The fourth-order valence-corrected chi connectivity index (χ4v) is 3.09. The lowest BCUT2D eigenvalue weighted by molar-refractivity contribution is 0.0498. The average Bonchev–Trinajstić information content (AvgIpc) is 3.06. The van der Waals surface area contributed by atoms with E-state index in [0.29, 0.717) is 0 Å². The van der Waals surface area contributed by atoms with Crippen LogP contribution in [0.1, 0.15) is 33.9 Å². The Morgan fingerprint density at radius 3 is 2.85 bits per heavy atom. The molecule has 0 N–H and O–H groups in total. The van der Waals surface area contributed by atoms with Crippen LogP contribution in [-0.2, 0) is 12.8 Å². The van der Waals surface area contributed by atoms with E-state index in [1.807, 2.05) is 21.8 Å². The molecular weight excluding hydrogens is 252 g/mol. The van der Waals surface area contributed by atoms with E-state index in [2.05, 4.69) is 22.4 Å². The molecule has 1 aliphatic heterocycles. The number of nitrogens with zero attached hydrogens (tertiary/aromatic N) is 4.